The Morgan fingerprint density at radius 1 is 1.17 bits per heavy atom. The molecule has 24 heavy (non-hydrogen) atoms. The van der Waals surface area contributed by atoms with Crippen LogP contribution in [0.5, 0.6) is 5.75 Å². The predicted molar refractivity (Wildman–Crippen MR) is 107 cm³/mol. The molecule has 0 saturated carbocycles. The van der Waals surface area contributed by atoms with E-state index in [1.807, 2.05) is 61.5 Å². The molecule has 122 valence electrons. The Balaban J connectivity index is 1.83. The summed E-state index contributed by atoms with van der Waals surface area (Å²) in [5.41, 5.74) is 1.71. The van der Waals surface area contributed by atoms with Crippen LogP contribution in [0.15, 0.2) is 57.9 Å². The van der Waals surface area contributed by atoms with E-state index in [0.29, 0.717) is 15.8 Å². The maximum Gasteiger partial charge on any atom is 0.270 e. The molecule has 2 aromatic rings. The fourth-order valence-corrected chi connectivity index (χ4v) is 3.82. The van der Waals surface area contributed by atoms with Crippen LogP contribution in [0.3, 0.4) is 0 Å². The second-order valence-electron chi connectivity index (χ2n) is 5.00. The molecule has 1 amide bonds. The van der Waals surface area contributed by atoms with Crippen molar-refractivity contribution in [2.24, 2.45) is 0 Å². The molecule has 1 aliphatic rings. The van der Waals surface area contributed by atoms with E-state index in [1.54, 1.807) is 4.90 Å². The summed E-state index contributed by atoms with van der Waals surface area (Å²) in [6.07, 6.45) is 1.86. The van der Waals surface area contributed by atoms with Crippen molar-refractivity contribution in [3.05, 3.63) is 63.5 Å². The van der Waals surface area contributed by atoms with E-state index >= 15 is 0 Å². The third-order valence-electron chi connectivity index (χ3n) is 3.37. The minimum absolute atomic E-state index is 0.0961. The number of hydrogen-bond acceptors (Lipinski definition) is 4. The van der Waals surface area contributed by atoms with Crippen molar-refractivity contribution < 1.29 is 9.53 Å². The number of rotatable bonds is 4. The predicted octanol–water partition coefficient (Wildman–Crippen LogP) is 5.25. The van der Waals surface area contributed by atoms with Crippen LogP contribution in [0.4, 0.5) is 5.69 Å². The van der Waals surface area contributed by atoms with Gasteiger partial charge < -0.3 is 4.74 Å². The molecule has 3 nitrogen and oxygen atoms in total. The molecule has 0 spiro atoms. The molecule has 1 aliphatic heterocycles. The number of halogens is 1. The Morgan fingerprint density at radius 3 is 2.46 bits per heavy atom. The Hall–Kier alpha value is -1.63. The normalized spacial score (nSPS) is 16.1. The van der Waals surface area contributed by atoms with E-state index in [4.69, 9.17) is 17.0 Å². The third-order valence-corrected chi connectivity index (χ3v) is 5.20. The van der Waals surface area contributed by atoms with Crippen LogP contribution in [0.25, 0.3) is 6.08 Å². The number of thioether (sulfide) groups is 1. The number of benzene rings is 2. The number of carbonyl (C=O) groups excluding carboxylic acids is 1. The maximum absolute atomic E-state index is 12.7. The Kier molecular flexibility index (Phi) is 5.38. The second kappa shape index (κ2) is 7.51. The lowest BCUT2D eigenvalue weighted by molar-refractivity contribution is -0.113. The molecule has 2 aromatic carbocycles. The molecule has 0 unspecified atom stereocenters. The van der Waals surface area contributed by atoms with Crippen molar-refractivity contribution in [3.8, 4) is 5.75 Å². The second-order valence-corrected chi connectivity index (χ2v) is 7.59. The van der Waals surface area contributed by atoms with E-state index in [0.717, 1.165) is 21.5 Å². The summed E-state index contributed by atoms with van der Waals surface area (Å²) >= 11 is 10.1. The largest absolute Gasteiger partial charge is 0.494 e. The van der Waals surface area contributed by atoms with Crippen LogP contribution in [-0.2, 0) is 4.79 Å². The van der Waals surface area contributed by atoms with Gasteiger partial charge in [-0.05, 0) is 55.0 Å². The standard InChI is InChI=1S/C18H14BrNO2S2/c1-2-22-15-9-3-12(4-10-15)11-16-17(21)20(18(23)24-16)14-7-5-13(19)6-8-14/h3-11H,2H2,1H3/b16-11+. The van der Waals surface area contributed by atoms with Crippen molar-refractivity contribution in [2.45, 2.75) is 6.92 Å². The number of carbonyl (C=O) groups is 1. The van der Waals surface area contributed by atoms with Gasteiger partial charge in [-0.15, -0.1) is 0 Å². The Morgan fingerprint density at radius 2 is 1.83 bits per heavy atom. The van der Waals surface area contributed by atoms with Crippen LogP contribution in [0.1, 0.15) is 12.5 Å². The lowest BCUT2D eigenvalue weighted by Gasteiger charge is -2.14. The van der Waals surface area contributed by atoms with Crippen molar-refractivity contribution in [1.82, 2.24) is 0 Å². The zero-order valence-corrected chi connectivity index (χ0v) is 16.1. The van der Waals surface area contributed by atoms with Crippen molar-refractivity contribution >= 4 is 61.9 Å². The minimum Gasteiger partial charge on any atom is -0.494 e. The summed E-state index contributed by atoms with van der Waals surface area (Å²) in [4.78, 5) is 14.9. The highest BCUT2D eigenvalue weighted by Gasteiger charge is 2.33. The highest BCUT2D eigenvalue weighted by molar-refractivity contribution is 9.10. The van der Waals surface area contributed by atoms with E-state index in [2.05, 4.69) is 15.9 Å². The number of amides is 1. The van der Waals surface area contributed by atoms with Gasteiger partial charge in [-0.2, -0.15) is 0 Å². The number of nitrogens with zero attached hydrogens (tertiary/aromatic N) is 1. The van der Waals surface area contributed by atoms with Gasteiger partial charge in [-0.1, -0.05) is 52.0 Å². The Bertz CT molecular complexity index is 801. The monoisotopic (exact) mass is 419 g/mol. The topological polar surface area (TPSA) is 29.5 Å². The quantitative estimate of drug-likeness (QED) is 0.499. The van der Waals surface area contributed by atoms with E-state index in [1.165, 1.54) is 11.8 Å². The molecule has 0 N–H and O–H groups in total. The first-order valence-corrected chi connectivity index (χ1v) is 9.36. The molecule has 0 radical (unpaired) electrons. The van der Waals surface area contributed by atoms with E-state index < -0.39 is 0 Å². The molecular formula is C18H14BrNO2S2. The molecule has 3 rings (SSSR count). The lowest BCUT2D eigenvalue weighted by atomic mass is 10.2. The van der Waals surface area contributed by atoms with Gasteiger partial charge in [0.2, 0.25) is 0 Å². The van der Waals surface area contributed by atoms with Gasteiger partial charge in [0.25, 0.3) is 5.91 Å². The molecule has 0 bridgehead atoms. The summed E-state index contributed by atoms with van der Waals surface area (Å²) < 4.78 is 6.93. The molecule has 6 heteroatoms. The summed E-state index contributed by atoms with van der Waals surface area (Å²) in [5.74, 6) is 0.721. The molecule has 0 aliphatic carbocycles. The van der Waals surface area contributed by atoms with Crippen LogP contribution >= 0.6 is 39.9 Å². The summed E-state index contributed by atoms with van der Waals surface area (Å²) in [6, 6.07) is 15.2. The van der Waals surface area contributed by atoms with Crippen LogP contribution in [0.2, 0.25) is 0 Å². The zero-order valence-electron chi connectivity index (χ0n) is 12.9. The van der Waals surface area contributed by atoms with Gasteiger partial charge in [0, 0.05) is 4.47 Å². The maximum atomic E-state index is 12.7. The zero-order chi connectivity index (χ0) is 17.1. The van der Waals surface area contributed by atoms with Gasteiger partial charge in [0.15, 0.2) is 4.32 Å². The number of ether oxygens (including phenoxy) is 1. The van der Waals surface area contributed by atoms with E-state index in [-0.39, 0.29) is 5.91 Å². The summed E-state index contributed by atoms with van der Waals surface area (Å²) in [6.45, 7) is 2.58. The van der Waals surface area contributed by atoms with Gasteiger partial charge in [0.1, 0.15) is 5.75 Å². The van der Waals surface area contributed by atoms with Gasteiger partial charge in [-0.25, -0.2) is 0 Å². The van der Waals surface area contributed by atoms with Crippen LogP contribution in [0, 0.1) is 0 Å². The van der Waals surface area contributed by atoms with Crippen molar-refractivity contribution in [1.29, 1.82) is 0 Å². The highest BCUT2D eigenvalue weighted by atomic mass is 79.9. The summed E-state index contributed by atoms with van der Waals surface area (Å²) in [5, 5.41) is 0. The minimum atomic E-state index is -0.0961. The summed E-state index contributed by atoms with van der Waals surface area (Å²) in [7, 11) is 0. The van der Waals surface area contributed by atoms with Gasteiger partial charge in [0.05, 0.1) is 17.2 Å². The van der Waals surface area contributed by atoms with Crippen LogP contribution in [-0.4, -0.2) is 16.8 Å². The smallest absolute Gasteiger partial charge is 0.270 e. The third kappa shape index (κ3) is 3.71. The van der Waals surface area contributed by atoms with Gasteiger partial charge >= 0.3 is 0 Å². The Labute approximate surface area is 158 Å². The highest BCUT2D eigenvalue weighted by Crippen LogP contribution is 2.36. The van der Waals surface area contributed by atoms with E-state index in [9.17, 15) is 4.79 Å². The van der Waals surface area contributed by atoms with Crippen LogP contribution < -0.4 is 9.64 Å². The SMILES string of the molecule is CCOc1ccc(/C=C2/SC(=S)N(c3ccc(Br)cc3)C2=O)cc1. The molecule has 1 fully saturated rings. The number of anilines is 1. The first-order chi connectivity index (χ1) is 11.6. The van der Waals surface area contributed by atoms with Gasteiger partial charge in [-0.3, -0.25) is 9.69 Å². The fraction of sp³-hybridized carbons (Fsp3) is 0.111. The lowest BCUT2D eigenvalue weighted by Crippen LogP contribution is -2.27. The average molecular weight is 420 g/mol. The molecule has 0 atom stereocenters. The number of hydrogen-bond donors (Lipinski definition) is 0. The van der Waals surface area contributed by atoms with Crippen molar-refractivity contribution in [2.75, 3.05) is 11.5 Å². The molecular weight excluding hydrogens is 406 g/mol. The first kappa shape index (κ1) is 17.2. The first-order valence-electron chi connectivity index (χ1n) is 7.35. The molecule has 0 aromatic heterocycles. The average Bonchev–Trinajstić information content (AvgIpc) is 2.85. The number of thiocarbonyl (C=S) groups is 1. The fourth-order valence-electron chi connectivity index (χ4n) is 2.26. The van der Waals surface area contributed by atoms with Crippen molar-refractivity contribution in [3.63, 3.8) is 0 Å². The molecule has 1 heterocycles. The molecule has 1 saturated heterocycles.